The molecule has 1 amide bonds. The number of nitrogens with zero attached hydrogens (tertiary/aromatic N) is 2. The Morgan fingerprint density at radius 1 is 1.43 bits per heavy atom. The molecular formula is C17H23N3O. The van der Waals surface area contributed by atoms with Gasteiger partial charge in [0.25, 0.3) is 5.91 Å². The van der Waals surface area contributed by atoms with Gasteiger partial charge in [-0.15, -0.1) is 0 Å². The lowest BCUT2D eigenvalue weighted by atomic mass is 10.1. The van der Waals surface area contributed by atoms with Gasteiger partial charge in [0.2, 0.25) is 0 Å². The van der Waals surface area contributed by atoms with Crippen molar-refractivity contribution >= 4 is 16.8 Å². The molecule has 3 rings (SSSR count). The molecule has 4 nitrogen and oxygen atoms in total. The smallest absolute Gasteiger partial charge is 0.255 e. The Morgan fingerprint density at radius 3 is 3.05 bits per heavy atom. The molecule has 0 saturated carbocycles. The van der Waals surface area contributed by atoms with Crippen LogP contribution in [0.4, 0.5) is 0 Å². The van der Waals surface area contributed by atoms with Crippen LogP contribution in [0.3, 0.4) is 0 Å². The van der Waals surface area contributed by atoms with Gasteiger partial charge in [0.05, 0.1) is 5.56 Å². The molecule has 1 atom stereocenters. The first-order valence-electron chi connectivity index (χ1n) is 7.76. The van der Waals surface area contributed by atoms with Gasteiger partial charge in [0, 0.05) is 36.7 Å². The summed E-state index contributed by atoms with van der Waals surface area (Å²) in [5.41, 5.74) is 1.79. The monoisotopic (exact) mass is 285 g/mol. The van der Waals surface area contributed by atoms with E-state index in [1.54, 1.807) is 0 Å². The zero-order valence-electron chi connectivity index (χ0n) is 12.8. The van der Waals surface area contributed by atoms with Crippen LogP contribution in [0, 0.1) is 0 Å². The van der Waals surface area contributed by atoms with E-state index in [1.807, 2.05) is 42.4 Å². The molecule has 1 aromatic carbocycles. The number of fused-ring (bicyclic) bond motifs is 1. The number of H-pyrrole nitrogens is 1. The molecule has 0 spiro atoms. The lowest BCUT2D eigenvalue weighted by Gasteiger charge is -2.27. The highest BCUT2D eigenvalue weighted by atomic mass is 16.2. The number of benzene rings is 1. The summed E-state index contributed by atoms with van der Waals surface area (Å²) in [5.74, 6) is 0.107. The summed E-state index contributed by atoms with van der Waals surface area (Å²) < 4.78 is 0. The standard InChI is InChI=1S/C17H23N3O/c1-3-20-10-6-7-13(20)12-19(2)17(21)15-11-18-16-9-5-4-8-14(15)16/h4-5,8-9,11,13,18H,3,6-7,10,12H2,1-2H3. The van der Waals surface area contributed by atoms with Gasteiger partial charge < -0.3 is 9.88 Å². The van der Waals surface area contributed by atoms with Crippen molar-refractivity contribution in [2.45, 2.75) is 25.8 Å². The predicted molar refractivity (Wildman–Crippen MR) is 85.5 cm³/mol. The van der Waals surface area contributed by atoms with Crippen LogP contribution in [0.5, 0.6) is 0 Å². The molecule has 1 saturated heterocycles. The predicted octanol–water partition coefficient (Wildman–Crippen LogP) is 2.72. The maximum absolute atomic E-state index is 12.7. The summed E-state index contributed by atoms with van der Waals surface area (Å²) >= 11 is 0. The van der Waals surface area contributed by atoms with Crippen molar-refractivity contribution in [2.24, 2.45) is 0 Å². The highest BCUT2D eigenvalue weighted by Gasteiger charge is 2.26. The Bertz CT molecular complexity index is 634. The fourth-order valence-corrected chi connectivity index (χ4v) is 3.37. The van der Waals surface area contributed by atoms with Gasteiger partial charge in [0.1, 0.15) is 0 Å². The molecule has 4 heteroatoms. The molecule has 2 heterocycles. The molecule has 1 N–H and O–H groups in total. The van der Waals surface area contributed by atoms with E-state index in [9.17, 15) is 4.79 Å². The van der Waals surface area contributed by atoms with Crippen molar-refractivity contribution in [2.75, 3.05) is 26.7 Å². The van der Waals surface area contributed by atoms with Crippen LogP contribution in [0.1, 0.15) is 30.1 Å². The van der Waals surface area contributed by atoms with Crippen molar-refractivity contribution in [1.29, 1.82) is 0 Å². The van der Waals surface area contributed by atoms with Gasteiger partial charge in [-0.3, -0.25) is 9.69 Å². The molecule has 2 aromatic rings. The van der Waals surface area contributed by atoms with Crippen molar-refractivity contribution in [1.82, 2.24) is 14.8 Å². The Hall–Kier alpha value is -1.81. The van der Waals surface area contributed by atoms with Crippen LogP contribution in [0.25, 0.3) is 10.9 Å². The number of nitrogens with one attached hydrogen (secondary N) is 1. The number of hydrogen-bond acceptors (Lipinski definition) is 2. The number of aromatic nitrogens is 1. The normalized spacial score (nSPS) is 19.2. The Morgan fingerprint density at radius 2 is 2.24 bits per heavy atom. The number of aromatic amines is 1. The molecule has 21 heavy (non-hydrogen) atoms. The molecule has 112 valence electrons. The lowest BCUT2D eigenvalue weighted by Crippen LogP contribution is -2.41. The second kappa shape index (κ2) is 5.90. The molecule has 1 unspecified atom stereocenters. The number of likely N-dealkylation sites (N-methyl/N-ethyl adjacent to an activating group) is 2. The summed E-state index contributed by atoms with van der Waals surface area (Å²) in [6.45, 7) is 5.24. The van der Waals surface area contributed by atoms with Gasteiger partial charge in [-0.1, -0.05) is 25.1 Å². The topological polar surface area (TPSA) is 39.3 Å². The molecule has 0 bridgehead atoms. The highest BCUT2D eigenvalue weighted by Crippen LogP contribution is 2.21. The second-order valence-electron chi connectivity index (χ2n) is 5.86. The zero-order chi connectivity index (χ0) is 14.8. The van der Waals surface area contributed by atoms with Crippen molar-refractivity contribution in [3.63, 3.8) is 0 Å². The van der Waals surface area contributed by atoms with Gasteiger partial charge >= 0.3 is 0 Å². The minimum absolute atomic E-state index is 0.107. The number of hydrogen-bond donors (Lipinski definition) is 1. The van der Waals surface area contributed by atoms with Crippen molar-refractivity contribution in [3.8, 4) is 0 Å². The van der Waals surface area contributed by atoms with Crippen molar-refractivity contribution in [3.05, 3.63) is 36.0 Å². The number of para-hydroxylation sites is 1. The van der Waals surface area contributed by atoms with Crippen molar-refractivity contribution < 1.29 is 4.79 Å². The number of carbonyl (C=O) groups excluding carboxylic acids is 1. The van der Waals surface area contributed by atoms with Gasteiger partial charge in [-0.2, -0.15) is 0 Å². The summed E-state index contributed by atoms with van der Waals surface area (Å²) in [7, 11) is 1.91. The molecule has 0 aliphatic carbocycles. The third kappa shape index (κ3) is 2.68. The fourth-order valence-electron chi connectivity index (χ4n) is 3.37. The number of carbonyl (C=O) groups is 1. The third-order valence-electron chi connectivity index (χ3n) is 4.56. The summed E-state index contributed by atoms with van der Waals surface area (Å²) in [6, 6.07) is 8.47. The molecule has 1 aliphatic heterocycles. The van der Waals surface area contributed by atoms with E-state index in [0.29, 0.717) is 6.04 Å². The maximum atomic E-state index is 12.7. The van der Waals surface area contributed by atoms with E-state index < -0.39 is 0 Å². The molecular weight excluding hydrogens is 262 g/mol. The zero-order valence-corrected chi connectivity index (χ0v) is 12.8. The minimum atomic E-state index is 0.107. The average Bonchev–Trinajstić information content (AvgIpc) is 3.12. The van der Waals surface area contributed by atoms with E-state index in [-0.39, 0.29) is 5.91 Å². The summed E-state index contributed by atoms with van der Waals surface area (Å²) in [5, 5.41) is 1.01. The van der Waals surface area contributed by atoms with Crippen LogP contribution in [0.2, 0.25) is 0 Å². The quantitative estimate of drug-likeness (QED) is 0.938. The first kappa shape index (κ1) is 14.1. The number of likely N-dealkylation sites (tertiary alicyclic amines) is 1. The van der Waals surface area contributed by atoms with Crippen LogP contribution in [0.15, 0.2) is 30.5 Å². The van der Waals surface area contributed by atoms with E-state index >= 15 is 0 Å². The van der Waals surface area contributed by atoms with Gasteiger partial charge in [-0.25, -0.2) is 0 Å². The SMILES string of the molecule is CCN1CCCC1CN(C)C(=O)c1c[nH]c2ccccc12. The highest BCUT2D eigenvalue weighted by molar-refractivity contribution is 6.06. The van der Waals surface area contributed by atoms with Gasteiger partial charge in [0.15, 0.2) is 0 Å². The molecule has 0 radical (unpaired) electrons. The fraction of sp³-hybridized carbons (Fsp3) is 0.471. The molecule has 1 aliphatic rings. The van der Waals surface area contributed by atoms with E-state index in [0.717, 1.165) is 36.1 Å². The summed E-state index contributed by atoms with van der Waals surface area (Å²) in [4.78, 5) is 20.2. The Balaban J connectivity index is 1.75. The van der Waals surface area contributed by atoms with Gasteiger partial charge in [-0.05, 0) is 32.0 Å². The lowest BCUT2D eigenvalue weighted by molar-refractivity contribution is 0.0756. The van der Waals surface area contributed by atoms with E-state index in [4.69, 9.17) is 0 Å². The molecule has 1 aromatic heterocycles. The van der Waals surface area contributed by atoms with E-state index in [2.05, 4.69) is 16.8 Å². The summed E-state index contributed by atoms with van der Waals surface area (Å²) in [6.07, 6.45) is 4.27. The second-order valence-corrected chi connectivity index (χ2v) is 5.86. The minimum Gasteiger partial charge on any atom is -0.360 e. The number of amides is 1. The maximum Gasteiger partial charge on any atom is 0.255 e. The van der Waals surface area contributed by atoms with Crippen LogP contribution in [-0.4, -0.2) is 53.4 Å². The van der Waals surface area contributed by atoms with Crippen LogP contribution >= 0.6 is 0 Å². The molecule has 1 fully saturated rings. The Kier molecular flexibility index (Phi) is 3.97. The average molecular weight is 285 g/mol. The first-order valence-corrected chi connectivity index (χ1v) is 7.76. The third-order valence-corrected chi connectivity index (χ3v) is 4.56. The first-order chi connectivity index (χ1) is 10.2. The Labute approximate surface area is 125 Å². The number of rotatable bonds is 4. The van der Waals surface area contributed by atoms with Crippen LogP contribution < -0.4 is 0 Å². The van der Waals surface area contributed by atoms with Crippen LogP contribution in [-0.2, 0) is 0 Å². The van der Waals surface area contributed by atoms with E-state index in [1.165, 1.54) is 12.8 Å². The largest absolute Gasteiger partial charge is 0.360 e.